The molecule has 2 aromatic carbocycles. The van der Waals surface area contributed by atoms with Gasteiger partial charge in [0.2, 0.25) is 11.8 Å². The number of hydrogen-bond donors (Lipinski definition) is 1. The molecule has 158 valence electrons. The molecule has 2 aromatic rings. The molecule has 1 N–H and O–H groups in total. The molecule has 1 aliphatic rings. The van der Waals surface area contributed by atoms with E-state index in [9.17, 15) is 9.59 Å². The Morgan fingerprint density at radius 3 is 2.40 bits per heavy atom. The molecule has 0 saturated carbocycles. The standard InChI is InChI=1S/C22H25N3O4S/c1-14-11-15(2)13-18(12-14)28-9-10-29-20-8-6-5-7-19(20)21-25(17(4)27)24-22(30-21)23-16(3)26/h5-8,11-13,21H,9-10H2,1-4H3,(H,23,24,26). The number of amides is 2. The van der Waals surface area contributed by atoms with Crippen LogP contribution in [0.5, 0.6) is 11.5 Å². The molecule has 0 saturated heterocycles. The van der Waals surface area contributed by atoms with Crippen LogP contribution in [0.1, 0.15) is 35.9 Å². The summed E-state index contributed by atoms with van der Waals surface area (Å²) in [5.41, 5.74) is 3.09. The highest BCUT2D eigenvalue weighted by Crippen LogP contribution is 2.42. The average Bonchev–Trinajstić information content (AvgIpc) is 3.08. The summed E-state index contributed by atoms with van der Waals surface area (Å²) in [5, 5.41) is 8.20. The molecular formula is C22H25N3O4S. The van der Waals surface area contributed by atoms with E-state index in [1.165, 1.54) is 30.6 Å². The van der Waals surface area contributed by atoms with Crippen molar-refractivity contribution in [1.82, 2.24) is 10.3 Å². The maximum absolute atomic E-state index is 12.1. The number of aryl methyl sites for hydroxylation is 2. The minimum atomic E-state index is -0.416. The fraction of sp³-hybridized carbons (Fsp3) is 0.318. The monoisotopic (exact) mass is 427 g/mol. The molecule has 1 heterocycles. The van der Waals surface area contributed by atoms with Gasteiger partial charge in [0.25, 0.3) is 0 Å². The Bertz CT molecular complexity index is 956. The number of amidine groups is 1. The number of nitrogens with one attached hydrogen (secondary N) is 1. The van der Waals surface area contributed by atoms with Gasteiger partial charge in [-0.05, 0) is 43.2 Å². The van der Waals surface area contributed by atoms with Gasteiger partial charge in [-0.1, -0.05) is 36.0 Å². The number of thioether (sulfide) groups is 1. The molecule has 0 fully saturated rings. The Morgan fingerprint density at radius 2 is 1.73 bits per heavy atom. The molecule has 3 rings (SSSR count). The Labute approximate surface area is 180 Å². The van der Waals surface area contributed by atoms with Crippen molar-refractivity contribution < 1.29 is 19.1 Å². The summed E-state index contributed by atoms with van der Waals surface area (Å²) < 4.78 is 11.8. The van der Waals surface area contributed by atoms with Crippen LogP contribution in [0, 0.1) is 13.8 Å². The second-order valence-corrected chi connectivity index (χ2v) is 8.05. The first-order valence-corrected chi connectivity index (χ1v) is 10.5. The third-order valence-corrected chi connectivity index (χ3v) is 5.32. The summed E-state index contributed by atoms with van der Waals surface area (Å²) in [7, 11) is 0. The maximum atomic E-state index is 12.1. The molecule has 2 amide bonds. The van der Waals surface area contributed by atoms with Crippen LogP contribution in [-0.2, 0) is 9.59 Å². The van der Waals surface area contributed by atoms with E-state index in [0.29, 0.717) is 24.1 Å². The lowest BCUT2D eigenvalue weighted by molar-refractivity contribution is -0.129. The van der Waals surface area contributed by atoms with Gasteiger partial charge in [-0.2, -0.15) is 0 Å². The second kappa shape index (κ2) is 9.67. The molecular weight excluding hydrogens is 402 g/mol. The number of benzene rings is 2. The molecule has 30 heavy (non-hydrogen) atoms. The van der Waals surface area contributed by atoms with Gasteiger partial charge in [0.15, 0.2) is 5.17 Å². The van der Waals surface area contributed by atoms with Gasteiger partial charge in [-0.25, -0.2) is 5.01 Å². The number of ether oxygens (including phenoxy) is 2. The minimum Gasteiger partial charge on any atom is -0.490 e. The molecule has 0 spiro atoms. The van der Waals surface area contributed by atoms with E-state index < -0.39 is 5.37 Å². The van der Waals surface area contributed by atoms with Crippen molar-refractivity contribution in [1.29, 1.82) is 0 Å². The smallest absolute Gasteiger partial charge is 0.241 e. The topological polar surface area (TPSA) is 80.2 Å². The number of rotatable bonds is 6. The zero-order valence-electron chi connectivity index (χ0n) is 17.5. The Morgan fingerprint density at radius 1 is 1.07 bits per heavy atom. The molecule has 1 unspecified atom stereocenters. The fourth-order valence-corrected chi connectivity index (χ4v) is 4.28. The van der Waals surface area contributed by atoms with Gasteiger partial charge in [0, 0.05) is 19.4 Å². The lowest BCUT2D eigenvalue weighted by Crippen LogP contribution is -2.25. The van der Waals surface area contributed by atoms with Crippen molar-refractivity contribution in [2.45, 2.75) is 33.1 Å². The summed E-state index contributed by atoms with van der Waals surface area (Å²) >= 11 is 1.29. The molecule has 0 aliphatic carbocycles. The van der Waals surface area contributed by atoms with E-state index in [-0.39, 0.29) is 11.8 Å². The molecule has 7 nitrogen and oxygen atoms in total. The van der Waals surface area contributed by atoms with Gasteiger partial charge in [-0.15, -0.1) is 5.10 Å². The number of hydrogen-bond acceptors (Lipinski definition) is 6. The summed E-state index contributed by atoms with van der Waals surface area (Å²) in [4.78, 5) is 23.4. The minimum absolute atomic E-state index is 0.221. The number of hydrazone groups is 1. The average molecular weight is 428 g/mol. The molecule has 0 bridgehead atoms. The number of para-hydroxylation sites is 1. The largest absolute Gasteiger partial charge is 0.490 e. The Hall–Kier alpha value is -3.00. The number of nitrogens with zero attached hydrogens (tertiary/aromatic N) is 2. The third-order valence-electron chi connectivity index (χ3n) is 4.24. The van der Waals surface area contributed by atoms with Gasteiger partial charge in [0.05, 0.1) is 0 Å². The van der Waals surface area contributed by atoms with E-state index >= 15 is 0 Å². The van der Waals surface area contributed by atoms with E-state index in [1.807, 2.05) is 50.2 Å². The molecule has 8 heteroatoms. The van der Waals surface area contributed by atoms with E-state index in [0.717, 1.165) is 22.4 Å². The zero-order chi connectivity index (χ0) is 21.7. The summed E-state index contributed by atoms with van der Waals surface area (Å²) in [6, 6.07) is 13.6. The normalized spacial score (nSPS) is 15.5. The van der Waals surface area contributed by atoms with Crippen molar-refractivity contribution >= 4 is 28.7 Å². The Kier molecular flexibility index (Phi) is 6.99. The summed E-state index contributed by atoms with van der Waals surface area (Å²) in [5.74, 6) is 0.996. The first kappa shape index (κ1) is 21.7. The predicted octanol–water partition coefficient (Wildman–Crippen LogP) is 3.76. The van der Waals surface area contributed by atoms with Gasteiger partial charge >= 0.3 is 0 Å². The Balaban J connectivity index is 1.67. The van der Waals surface area contributed by atoms with Gasteiger partial charge < -0.3 is 14.8 Å². The van der Waals surface area contributed by atoms with Crippen molar-refractivity contribution in [2.75, 3.05) is 13.2 Å². The van der Waals surface area contributed by atoms with Gasteiger partial charge in [0.1, 0.15) is 30.1 Å². The van der Waals surface area contributed by atoms with Crippen molar-refractivity contribution in [3.8, 4) is 11.5 Å². The van der Waals surface area contributed by atoms with Gasteiger partial charge in [-0.3, -0.25) is 9.59 Å². The quantitative estimate of drug-likeness (QED) is 0.710. The fourth-order valence-electron chi connectivity index (χ4n) is 3.11. The predicted molar refractivity (Wildman–Crippen MR) is 117 cm³/mol. The molecule has 1 atom stereocenters. The van der Waals surface area contributed by atoms with Crippen LogP contribution in [0.4, 0.5) is 0 Å². The van der Waals surface area contributed by atoms with Crippen LogP contribution in [0.2, 0.25) is 0 Å². The van der Waals surface area contributed by atoms with Crippen molar-refractivity contribution in [3.63, 3.8) is 0 Å². The van der Waals surface area contributed by atoms with Crippen molar-refractivity contribution in [2.24, 2.45) is 5.10 Å². The van der Waals surface area contributed by atoms with E-state index in [4.69, 9.17) is 9.47 Å². The van der Waals surface area contributed by atoms with E-state index in [2.05, 4.69) is 16.5 Å². The van der Waals surface area contributed by atoms with Crippen LogP contribution in [0.15, 0.2) is 47.6 Å². The van der Waals surface area contributed by atoms with Crippen LogP contribution < -0.4 is 14.8 Å². The SMILES string of the molecule is CC(=O)NC1=NN(C(C)=O)C(c2ccccc2OCCOc2cc(C)cc(C)c2)S1. The van der Waals surface area contributed by atoms with Crippen molar-refractivity contribution in [3.05, 3.63) is 59.2 Å². The van der Waals surface area contributed by atoms with E-state index in [1.54, 1.807) is 0 Å². The van der Waals surface area contributed by atoms with Crippen LogP contribution in [0.3, 0.4) is 0 Å². The summed E-state index contributed by atoms with van der Waals surface area (Å²) in [6.07, 6.45) is 0. The third kappa shape index (κ3) is 5.54. The first-order chi connectivity index (χ1) is 14.3. The lowest BCUT2D eigenvalue weighted by Gasteiger charge is -2.22. The summed E-state index contributed by atoms with van der Waals surface area (Å²) in [6.45, 7) is 7.64. The molecule has 0 aromatic heterocycles. The highest BCUT2D eigenvalue weighted by molar-refractivity contribution is 8.14. The van der Waals surface area contributed by atoms with Crippen LogP contribution >= 0.6 is 11.8 Å². The number of carbonyl (C=O) groups is 2. The zero-order valence-corrected chi connectivity index (χ0v) is 18.3. The molecule has 1 aliphatic heterocycles. The van der Waals surface area contributed by atoms with Crippen LogP contribution in [-0.4, -0.2) is 35.2 Å². The molecule has 0 radical (unpaired) electrons. The lowest BCUT2D eigenvalue weighted by atomic mass is 10.1. The number of carbonyl (C=O) groups excluding carboxylic acids is 2. The highest BCUT2D eigenvalue weighted by atomic mass is 32.2. The first-order valence-electron chi connectivity index (χ1n) is 9.59. The maximum Gasteiger partial charge on any atom is 0.241 e. The second-order valence-electron chi connectivity index (χ2n) is 6.98. The van der Waals surface area contributed by atoms with Crippen LogP contribution in [0.25, 0.3) is 0 Å². The highest BCUT2D eigenvalue weighted by Gasteiger charge is 2.34.